The Morgan fingerprint density at radius 2 is 0.878 bits per heavy atom. The Labute approximate surface area is 254 Å². The van der Waals surface area contributed by atoms with Gasteiger partial charge in [0.2, 0.25) is 0 Å². The molecule has 0 atom stereocenters. The summed E-state index contributed by atoms with van der Waals surface area (Å²) in [6.45, 7) is 17.2. The van der Waals surface area contributed by atoms with Crippen molar-refractivity contribution in [2.45, 2.75) is 143 Å². The average molecular weight is 584 g/mol. The second-order valence-electron chi connectivity index (χ2n) is 14.2. The van der Waals surface area contributed by atoms with E-state index in [-0.39, 0.29) is 0 Å². The molecule has 2 aromatic carbocycles. The van der Waals surface area contributed by atoms with Gasteiger partial charge in [0.05, 0.1) is 0 Å². The van der Waals surface area contributed by atoms with Crippen LogP contribution in [0.25, 0.3) is 21.8 Å². The van der Waals surface area contributed by atoms with Crippen molar-refractivity contribution in [1.29, 1.82) is 0 Å². The van der Waals surface area contributed by atoms with Crippen molar-refractivity contribution in [3.8, 4) is 22.9 Å². The van der Waals surface area contributed by atoms with Crippen LogP contribution in [0, 0.1) is 22.9 Å². The quantitative estimate of drug-likeness (QED) is 0.0952. The van der Waals surface area contributed by atoms with Crippen molar-refractivity contribution in [2.24, 2.45) is 0 Å². The van der Waals surface area contributed by atoms with Gasteiger partial charge in [0.15, 0.2) is 0 Å². The largest absolute Gasteiger partial charge is 0.340 e. The number of aryl methyl sites for hydroxylation is 1. The molecule has 0 aliphatic rings. The molecule has 3 rings (SSSR count). The fourth-order valence-electron chi connectivity index (χ4n) is 5.48. The Balaban J connectivity index is 1.61. The van der Waals surface area contributed by atoms with Crippen LogP contribution >= 0.6 is 0 Å². The molecule has 1 aromatic heterocycles. The Bertz CT molecular complexity index is 1270. The first-order valence-corrected chi connectivity index (χ1v) is 23.7. The fourth-order valence-corrected chi connectivity index (χ4v) is 6.52. The van der Waals surface area contributed by atoms with Crippen LogP contribution in [0.15, 0.2) is 36.4 Å². The zero-order valence-corrected chi connectivity index (χ0v) is 29.5. The second-order valence-corrected chi connectivity index (χ2v) is 23.7. The van der Waals surface area contributed by atoms with Gasteiger partial charge in [-0.15, -0.1) is 11.1 Å². The summed E-state index contributed by atoms with van der Waals surface area (Å²) in [7, 11) is -2.84. The molecular weight excluding hydrogens is 527 g/mol. The SMILES string of the molecule is CCCCCCCCCCCCCCCCn1c2ccc(C#C[Si](C)(C)C)cc2c2cc(C#C[Si](C)(C)C)ccc21. The first kappa shape index (κ1) is 33.3. The summed E-state index contributed by atoms with van der Waals surface area (Å²) in [6, 6.07) is 13.7. The molecule has 0 saturated heterocycles. The molecule has 0 aliphatic carbocycles. The molecule has 3 heteroatoms. The molecule has 41 heavy (non-hydrogen) atoms. The van der Waals surface area contributed by atoms with Crippen LogP contribution in [0.5, 0.6) is 0 Å². The number of unbranched alkanes of at least 4 members (excludes halogenated alkanes) is 13. The molecule has 1 heterocycles. The lowest BCUT2D eigenvalue weighted by atomic mass is 10.0. The maximum absolute atomic E-state index is 3.55. The van der Waals surface area contributed by atoms with Crippen LogP contribution in [-0.4, -0.2) is 20.7 Å². The second kappa shape index (κ2) is 16.4. The molecule has 0 fully saturated rings. The number of rotatable bonds is 15. The Kier molecular flexibility index (Phi) is 13.3. The Morgan fingerprint density at radius 1 is 0.512 bits per heavy atom. The van der Waals surface area contributed by atoms with Crippen molar-refractivity contribution < 1.29 is 0 Å². The molecule has 0 amide bonds. The molecule has 0 saturated carbocycles. The monoisotopic (exact) mass is 583 g/mol. The summed E-state index contributed by atoms with van der Waals surface area (Å²) < 4.78 is 2.55. The third-order valence-electron chi connectivity index (χ3n) is 7.76. The number of aromatic nitrogens is 1. The molecule has 0 bridgehead atoms. The highest BCUT2D eigenvalue weighted by Gasteiger charge is 2.13. The Morgan fingerprint density at radius 3 is 1.24 bits per heavy atom. The molecule has 1 nitrogen and oxygen atoms in total. The molecule has 0 aliphatic heterocycles. The molecule has 0 spiro atoms. The van der Waals surface area contributed by atoms with Crippen LogP contribution in [0.4, 0.5) is 0 Å². The van der Waals surface area contributed by atoms with E-state index in [1.54, 1.807) is 0 Å². The minimum absolute atomic E-state index is 1.08. The number of hydrogen-bond acceptors (Lipinski definition) is 0. The van der Waals surface area contributed by atoms with Crippen molar-refractivity contribution in [1.82, 2.24) is 4.57 Å². The van der Waals surface area contributed by atoms with Crippen molar-refractivity contribution in [2.75, 3.05) is 0 Å². The summed E-state index contributed by atoms with van der Waals surface area (Å²) >= 11 is 0. The number of nitrogens with zero attached hydrogens (tertiary/aromatic N) is 1. The van der Waals surface area contributed by atoms with Gasteiger partial charge in [0.1, 0.15) is 16.1 Å². The van der Waals surface area contributed by atoms with Crippen LogP contribution in [0.3, 0.4) is 0 Å². The summed E-state index contributed by atoms with van der Waals surface area (Å²) in [5.74, 6) is 6.98. The molecule has 222 valence electrons. The fraction of sp³-hybridized carbons (Fsp3) is 0.579. The van der Waals surface area contributed by atoms with Crippen molar-refractivity contribution in [3.05, 3.63) is 47.5 Å². The lowest BCUT2D eigenvalue weighted by Gasteiger charge is -2.08. The van der Waals surface area contributed by atoms with E-state index in [4.69, 9.17) is 0 Å². The molecule has 0 N–H and O–H groups in total. The predicted molar refractivity (Wildman–Crippen MR) is 190 cm³/mol. The highest BCUT2D eigenvalue weighted by atomic mass is 28.3. The Hall–Kier alpha value is -2.21. The standard InChI is InChI=1S/C38H57NSi2/c1-8-9-10-11-12-13-14-15-16-17-18-19-20-21-28-39-37-24-22-33(26-29-40(2,3)4)31-35(37)36-32-34(23-25-38(36)39)27-30-41(5,6)7/h22-25,31-32H,8-21,28H2,1-7H3. The van der Waals surface area contributed by atoms with Crippen LogP contribution in [0.2, 0.25) is 39.3 Å². The van der Waals surface area contributed by atoms with E-state index in [0.717, 1.165) is 17.7 Å². The predicted octanol–water partition coefficient (Wildman–Crippen LogP) is 11.7. The third kappa shape index (κ3) is 11.9. The lowest BCUT2D eigenvalue weighted by Crippen LogP contribution is -2.16. The van der Waals surface area contributed by atoms with Crippen molar-refractivity contribution >= 4 is 38.0 Å². The van der Waals surface area contributed by atoms with E-state index in [1.165, 1.54) is 112 Å². The lowest BCUT2D eigenvalue weighted by molar-refractivity contribution is 0.528. The van der Waals surface area contributed by atoms with E-state index in [0.29, 0.717) is 0 Å². The summed E-state index contributed by atoms with van der Waals surface area (Å²) in [5, 5.41) is 2.65. The highest BCUT2D eigenvalue weighted by Crippen LogP contribution is 2.31. The molecule has 0 radical (unpaired) electrons. The normalized spacial score (nSPS) is 11.9. The summed E-state index contributed by atoms with van der Waals surface area (Å²) in [6.07, 6.45) is 19.6. The number of hydrogen-bond donors (Lipinski definition) is 0. The maximum Gasteiger partial charge on any atom is 0.129 e. The minimum Gasteiger partial charge on any atom is -0.340 e. The van der Waals surface area contributed by atoms with E-state index in [9.17, 15) is 0 Å². The van der Waals surface area contributed by atoms with Gasteiger partial charge < -0.3 is 4.57 Å². The van der Waals surface area contributed by atoms with Crippen LogP contribution < -0.4 is 0 Å². The number of fused-ring (bicyclic) bond motifs is 3. The van der Waals surface area contributed by atoms with Gasteiger partial charge in [-0.25, -0.2) is 0 Å². The zero-order chi connectivity index (χ0) is 29.7. The first-order valence-electron chi connectivity index (χ1n) is 16.7. The topological polar surface area (TPSA) is 4.93 Å². The molecule has 3 aromatic rings. The first-order chi connectivity index (χ1) is 19.6. The van der Waals surface area contributed by atoms with Gasteiger partial charge in [-0.05, 0) is 42.8 Å². The summed E-state index contributed by atoms with van der Waals surface area (Å²) in [4.78, 5) is 0. The van der Waals surface area contributed by atoms with Gasteiger partial charge >= 0.3 is 0 Å². The van der Waals surface area contributed by atoms with Gasteiger partial charge in [-0.1, -0.05) is 142 Å². The van der Waals surface area contributed by atoms with E-state index in [2.05, 4.69) is 110 Å². The minimum atomic E-state index is -1.42. The molecule has 0 unspecified atom stereocenters. The van der Waals surface area contributed by atoms with Gasteiger partial charge in [0.25, 0.3) is 0 Å². The van der Waals surface area contributed by atoms with Gasteiger partial charge in [-0.3, -0.25) is 0 Å². The highest BCUT2D eigenvalue weighted by molar-refractivity contribution is 6.84. The molecular formula is C38H57NSi2. The third-order valence-corrected chi connectivity index (χ3v) is 9.51. The van der Waals surface area contributed by atoms with Crippen LogP contribution in [0.1, 0.15) is 108 Å². The van der Waals surface area contributed by atoms with Crippen molar-refractivity contribution in [3.63, 3.8) is 0 Å². The summed E-state index contributed by atoms with van der Waals surface area (Å²) in [5.41, 5.74) is 12.0. The van der Waals surface area contributed by atoms with Crippen LogP contribution in [-0.2, 0) is 6.54 Å². The zero-order valence-electron chi connectivity index (χ0n) is 27.5. The van der Waals surface area contributed by atoms with E-state index >= 15 is 0 Å². The average Bonchev–Trinajstić information content (AvgIpc) is 3.22. The van der Waals surface area contributed by atoms with Gasteiger partial charge in [0, 0.05) is 39.5 Å². The van der Waals surface area contributed by atoms with Gasteiger partial charge in [-0.2, -0.15) is 0 Å². The van der Waals surface area contributed by atoms with E-state index in [1.807, 2.05) is 0 Å². The smallest absolute Gasteiger partial charge is 0.129 e. The van der Waals surface area contributed by atoms with E-state index < -0.39 is 16.1 Å². The maximum atomic E-state index is 3.55. The number of benzene rings is 2.